The number of nitrogens with zero attached hydrogens (tertiary/aromatic N) is 2. The lowest BCUT2D eigenvalue weighted by molar-refractivity contribution is 0.286. The zero-order valence-electron chi connectivity index (χ0n) is 12.5. The fraction of sp³-hybridized carbons (Fsp3) is 0.500. The van der Waals surface area contributed by atoms with Crippen molar-refractivity contribution in [1.29, 1.82) is 0 Å². The van der Waals surface area contributed by atoms with E-state index in [2.05, 4.69) is 10.5 Å². The van der Waals surface area contributed by atoms with Crippen LogP contribution >= 0.6 is 0 Å². The van der Waals surface area contributed by atoms with Gasteiger partial charge in [-0.05, 0) is 37.0 Å². The molecule has 0 fully saturated rings. The standard InChI is InChI=1S/C14H23N3O3S/c1-17(2)21(19,20)12-13-6-8-14(9-7-13)16-15-10-4-3-5-11-18/h6-10,16,18H,3-5,11-12H2,1-2H3/b15-10-. The molecule has 2 N–H and O–H groups in total. The zero-order chi connectivity index (χ0) is 15.7. The lowest BCUT2D eigenvalue weighted by atomic mass is 10.2. The van der Waals surface area contributed by atoms with Gasteiger partial charge in [0.15, 0.2) is 0 Å². The highest BCUT2D eigenvalue weighted by molar-refractivity contribution is 7.88. The van der Waals surface area contributed by atoms with Gasteiger partial charge in [0.25, 0.3) is 0 Å². The summed E-state index contributed by atoms with van der Waals surface area (Å²) in [5, 5.41) is 12.7. The molecule has 0 saturated carbocycles. The minimum absolute atomic E-state index is 0.00922. The van der Waals surface area contributed by atoms with Gasteiger partial charge in [0, 0.05) is 26.9 Å². The van der Waals surface area contributed by atoms with E-state index in [1.165, 1.54) is 18.4 Å². The van der Waals surface area contributed by atoms with Gasteiger partial charge in [-0.25, -0.2) is 12.7 Å². The smallest absolute Gasteiger partial charge is 0.217 e. The van der Waals surface area contributed by atoms with Crippen LogP contribution in [0.1, 0.15) is 24.8 Å². The first-order valence-electron chi connectivity index (χ1n) is 6.83. The SMILES string of the molecule is CN(C)S(=O)(=O)Cc1ccc(N/N=C\CCCCO)cc1. The molecule has 1 aromatic rings. The third-order valence-electron chi connectivity index (χ3n) is 2.89. The molecule has 1 aromatic carbocycles. The van der Waals surface area contributed by atoms with Gasteiger partial charge in [0.05, 0.1) is 11.4 Å². The van der Waals surface area contributed by atoms with E-state index in [0.29, 0.717) is 0 Å². The number of nitrogens with one attached hydrogen (secondary N) is 1. The Bertz CT molecular complexity index is 539. The Morgan fingerprint density at radius 3 is 2.48 bits per heavy atom. The largest absolute Gasteiger partial charge is 0.396 e. The molecular weight excluding hydrogens is 290 g/mol. The van der Waals surface area contributed by atoms with Gasteiger partial charge >= 0.3 is 0 Å². The summed E-state index contributed by atoms with van der Waals surface area (Å²) < 4.78 is 24.7. The van der Waals surface area contributed by atoms with Crippen LogP contribution in [-0.4, -0.2) is 44.7 Å². The van der Waals surface area contributed by atoms with Crippen LogP contribution in [0, 0.1) is 0 Å². The van der Waals surface area contributed by atoms with E-state index < -0.39 is 10.0 Å². The summed E-state index contributed by atoms with van der Waals surface area (Å²) in [7, 11) is -0.182. The zero-order valence-corrected chi connectivity index (χ0v) is 13.3. The van der Waals surface area contributed by atoms with E-state index in [1.54, 1.807) is 30.5 Å². The highest BCUT2D eigenvalue weighted by atomic mass is 32.2. The molecule has 7 heteroatoms. The molecule has 0 radical (unpaired) electrons. The Balaban J connectivity index is 2.47. The lowest BCUT2D eigenvalue weighted by Gasteiger charge is -2.11. The molecule has 118 valence electrons. The Morgan fingerprint density at radius 1 is 1.24 bits per heavy atom. The van der Waals surface area contributed by atoms with Crippen LogP contribution in [0.25, 0.3) is 0 Å². The number of sulfonamides is 1. The molecule has 0 aliphatic rings. The molecule has 21 heavy (non-hydrogen) atoms. The van der Waals surface area contributed by atoms with Crippen molar-refractivity contribution in [2.24, 2.45) is 5.10 Å². The average Bonchev–Trinajstić information content (AvgIpc) is 2.44. The van der Waals surface area contributed by atoms with Crippen molar-refractivity contribution >= 4 is 21.9 Å². The molecule has 1 rings (SSSR count). The molecule has 0 atom stereocenters. The first-order chi connectivity index (χ1) is 9.95. The number of hydrogen-bond acceptors (Lipinski definition) is 5. The third-order valence-corrected chi connectivity index (χ3v) is 4.70. The van der Waals surface area contributed by atoms with Crippen LogP contribution in [-0.2, 0) is 15.8 Å². The maximum atomic E-state index is 11.8. The monoisotopic (exact) mass is 313 g/mol. The Hall–Kier alpha value is -1.44. The molecule has 0 saturated heterocycles. The van der Waals surface area contributed by atoms with Crippen molar-refractivity contribution in [2.75, 3.05) is 26.1 Å². The normalized spacial score (nSPS) is 12.2. The summed E-state index contributed by atoms with van der Waals surface area (Å²) in [5.41, 5.74) is 4.42. The van der Waals surface area contributed by atoms with E-state index in [-0.39, 0.29) is 12.4 Å². The summed E-state index contributed by atoms with van der Waals surface area (Å²) in [6.07, 6.45) is 4.26. The van der Waals surface area contributed by atoms with Crippen molar-refractivity contribution in [3.8, 4) is 0 Å². The first-order valence-corrected chi connectivity index (χ1v) is 8.44. The average molecular weight is 313 g/mol. The Morgan fingerprint density at radius 2 is 1.90 bits per heavy atom. The van der Waals surface area contributed by atoms with Crippen molar-refractivity contribution in [3.05, 3.63) is 29.8 Å². The van der Waals surface area contributed by atoms with Gasteiger partial charge in [-0.1, -0.05) is 12.1 Å². The van der Waals surface area contributed by atoms with Crippen LogP contribution in [0.2, 0.25) is 0 Å². The minimum Gasteiger partial charge on any atom is -0.396 e. The second-order valence-corrected chi connectivity index (χ2v) is 7.06. The summed E-state index contributed by atoms with van der Waals surface area (Å²) in [4.78, 5) is 0. The van der Waals surface area contributed by atoms with E-state index in [0.717, 1.165) is 30.5 Å². The van der Waals surface area contributed by atoms with Gasteiger partial charge < -0.3 is 5.11 Å². The molecule has 0 aliphatic heterocycles. The maximum absolute atomic E-state index is 11.8. The van der Waals surface area contributed by atoms with Crippen LogP contribution in [0.5, 0.6) is 0 Å². The van der Waals surface area contributed by atoms with Crippen LogP contribution in [0.4, 0.5) is 5.69 Å². The van der Waals surface area contributed by atoms with E-state index >= 15 is 0 Å². The summed E-state index contributed by atoms with van der Waals surface area (Å²) in [6, 6.07) is 7.13. The van der Waals surface area contributed by atoms with E-state index in [1.807, 2.05) is 0 Å². The number of anilines is 1. The van der Waals surface area contributed by atoms with Gasteiger partial charge in [0.2, 0.25) is 10.0 Å². The molecule has 0 bridgehead atoms. The van der Waals surface area contributed by atoms with Crippen molar-refractivity contribution in [2.45, 2.75) is 25.0 Å². The second-order valence-electron chi connectivity index (χ2n) is 4.88. The number of rotatable bonds is 9. The Labute approximate surface area is 126 Å². The highest BCUT2D eigenvalue weighted by Crippen LogP contribution is 2.13. The molecule has 0 amide bonds. The number of unbranched alkanes of at least 4 members (excludes halogenated alkanes) is 2. The highest BCUT2D eigenvalue weighted by Gasteiger charge is 2.14. The van der Waals surface area contributed by atoms with Crippen molar-refractivity contribution in [1.82, 2.24) is 4.31 Å². The van der Waals surface area contributed by atoms with Crippen molar-refractivity contribution in [3.63, 3.8) is 0 Å². The molecule has 0 aromatic heterocycles. The summed E-state index contributed by atoms with van der Waals surface area (Å²) in [5.74, 6) is -0.00922. The lowest BCUT2D eigenvalue weighted by Crippen LogP contribution is -2.23. The van der Waals surface area contributed by atoms with E-state index in [4.69, 9.17) is 5.11 Å². The minimum atomic E-state index is -3.23. The molecule has 0 heterocycles. The maximum Gasteiger partial charge on any atom is 0.217 e. The fourth-order valence-electron chi connectivity index (χ4n) is 1.55. The van der Waals surface area contributed by atoms with Crippen LogP contribution < -0.4 is 5.43 Å². The predicted octanol–water partition coefficient (Wildman–Crippen LogP) is 1.64. The molecular formula is C14H23N3O3S. The topological polar surface area (TPSA) is 82.0 Å². The summed E-state index contributed by atoms with van der Waals surface area (Å²) in [6.45, 7) is 0.207. The number of hydrazone groups is 1. The fourth-order valence-corrected chi connectivity index (χ4v) is 2.42. The molecule has 0 aliphatic carbocycles. The third kappa shape index (κ3) is 6.70. The number of aliphatic hydroxyl groups excluding tert-OH is 1. The van der Waals surface area contributed by atoms with Crippen LogP contribution in [0.15, 0.2) is 29.4 Å². The van der Waals surface area contributed by atoms with Gasteiger partial charge in [-0.15, -0.1) is 0 Å². The van der Waals surface area contributed by atoms with Gasteiger partial charge in [-0.3, -0.25) is 5.43 Å². The molecule has 0 spiro atoms. The number of aliphatic hydroxyl groups is 1. The predicted molar refractivity (Wildman–Crippen MR) is 85.8 cm³/mol. The molecule has 0 unspecified atom stereocenters. The van der Waals surface area contributed by atoms with Crippen LogP contribution in [0.3, 0.4) is 0 Å². The Kier molecular flexibility index (Phi) is 7.35. The quantitative estimate of drug-likeness (QED) is 0.412. The molecule has 6 nitrogen and oxygen atoms in total. The second kappa shape index (κ2) is 8.76. The van der Waals surface area contributed by atoms with Gasteiger partial charge in [-0.2, -0.15) is 5.10 Å². The first kappa shape index (κ1) is 17.6. The summed E-state index contributed by atoms with van der Waals surface area (Å²) >= 11 is 0. The van der Waals surface area contributed by atoms with Crippen molar-refractivity contribution < 1.29 is 13.5 Å². The van der Waals surface area contributed by atoms with Gasteiger partial charge in [0.1, 0.15) is 0 Å². The number of hydrogen-bond donors (Lipinski definition) is 2. The number of benzene rings is 1. The van der Waals surface area contributed by atoms with E-state index in [9.17, 15) is 8.42 Å².